The number of anilines is 1. The van der Waals surface area contributed by atoms with E-state index < -0.39 is 5.41 Å². The molecule has 0 radical (unpaired) electrons. The maximum absolute atomic E-state index is 12.8. The number of nitrogens with zero attached hydrogens (tertiary/aromatic N) is 1. The Kier molecular flexibility index (Phi) is 5.58. The molecular weight excluding hydrogens is 335 g/mol. The predicted molar refractivity (Wildman–Crippen MR) is 93.9 cm³/mol. The molecule has 1 unspecified atom stereocenters. The third kappa shape index (κ3) is 4.18. The predicted octanol–water partition coefficient (Wildman–Crippen LogP) is 4.22. The Morgan fingerprint density at radius 2 is 2.00 bits per heavy atom. The van der Waals surface area contributed by atoms with Gasteiger partial charge >= 0.3 is 0 Å². The molecule has 4 nitrogen and oxygen atoms in total. The average Bonchev–Trinajstić information content (AvgIpc) is 2.50. The average molecular weight is 357 g/mol. The van der Waals surface area contributed by atoms with Crippen LogP contribution >= 0.6 is 23.2 Å². The first-order chi connectivity index (χ1) is 10.7. The van der Waals surface area contributed by atoms with Crippen LogP contribution in [0, 0.1) is 11.3 Å². The van der Waals surface area contributed by atoms with Gasteiger partial charge in [0.05, 0.1) is 10.7 Å². The lowest BCUT2D eigenvalue weighted by Crippen LogP contribution is -2.50. The summed E-state index contributed by atoms with van der Waals surface area (Å²) >= 11 is 12.0. The molecule has 1 N–H and O–H groups in total. The van der Waals surface area contributed by atoms with Crippen molar-refractivity contribution in [2.45, 2.75) is 33.6 Å². The minimum atomic E-state index is -1.16. The number of carbonyl (C=O) groups is 2. The minimum Gasteiger partial charge on any atom is -0.342 e. The van der Waals surface area contributed by atoms with Gasteiger partial charge in [-0.05, 0) is 50.8 Å². The van der Waals surface area contributed by atoms with E-state index in [-0.39, 0.29) is 11.8 Å². The molecule has 2 amide bonds. The molecule has 126 valence electrons. The number of rotatable bonds is 3. The molecule has 1 aromatic carbocycles. The summed E-state index contributed by atoms with van der Waals surface area (Å²) in [7, 11) is 0. The van der Waals surface area contributed by atoms with Crippen LogP contribution in [0.5, 0.6) is 0 Å². The van der Waals surface area contributed by atoms with E-state index in [4.69, 9.17) is 23.2 Å². The monoisotopic (exact) mass is 356 g/mol. The van der Waals surface area contributed by atoms with E-state index in [1.165, 1.54) is 0 Å². The number of benzene rings is 1. The Labute approximate surface area is 147 Å². The number of carbonyl (C=O) groups excluding carboxylic acids is 2. The third-order valence-electron chi connectivity index (χ3n) is 4.22. The van der Waals surface area contributed by atoms with Crippen LogP contribution < -0.4 is 5.32 Å². The van der Waals surface area contributed by atoms with Crippen LogP contribution in [0.4, 0.5) is 5.69 Å². The molecule has 0 spiro atoms. The lowest BCUT2D eigenvalue weighted by atomic mass is 9.88. The van der Waals surface area contributed by atoms with Crippen molar-refractivity contribution in [2.75, 3.05) is 18.4 Å². The SMILES string of the molecule is CC1CCCN(C(=O)C(C)(C)C(=O)Nc2cc(Cl)ccc2Cl)C1. The second kappa shape index (κ2) is 7.10. The van der Waals surface area contributed by atoms with E-state index in [1.54, 1.807) is 36.9 Å². The molecular formula is C17H22Cl2N2O2. The maximum atomic E-state index is 12.8. The summed E-state index contributed by atoms with van der Waals surface area (Å²) in [5.41, 5.74) is -0.750. The van der Waals surface area contributed by atoms with Crippen LogP contribution in [-0.2, 0) is 9.59 Å². The summed E-state index contributed by atoms with van der Waals surface area (Å²) in [5.74, 6) is -0.0708. The minimum absolute atomic E-state index is 0.153. The lowest BCUT2D eigenvalue weighted by molar-refractivity contribution is -0.147. The highest BCUT2D eigenvalue weighted by molar-refractivity contribution is 6.35. The number of hydrogen-bond acceptors (Lipinski definition) is 2. The first-order valence-electron chi connectivity index (χ1n) is 7.77. The van der Waals surface area contributed by atoms with E-state index in [0.29, 0.717) is 34.7 Å². The summed E-state index contributed by atoms with van der Waals surface area (Å²) in [4.78, 5) is 27.1. The Balaban J connectivity index is 2.12. The number of piperidine rings is 1. The number of halogens is 2. The van der Waals surface area contributed by atoms with Gasteiger partial charge in [-0.1, -0.05) is 30.1 Å². The van der Waals surface area contributed by atoms with E-state index in [0.717, 1.165) is 12.8 Å². The van der Waals surface area contributed by atoms with Crippen molar-refractivity contribution in [1.82, 2.24) is 4.90 Å². The van der Waals surface area contributed by atoms with Gasteiger partial charge < -0.3 is 10.2 Å². The fraction of sp³-hybridized carbons (Fsp3) is 0.529. The zero-order valence-corrected chi connectivity index (χ0v) is 15.2. The molecule has 1 atom stereocenters. The fourth-order valence-electron chi connectivity index (χ4n) is 2.74. The van der Waals surface area contributed by atoms with Gasteiger partial charge in [-0.25, -0.2) is 0 Å². The van der Waals surface area contributed by atoms with Gasteiger partial charge in [0.2, 0.25) is 11.8 Å². The van der Waals surface area contributed by atoms with Gasteiger partial charge in [-0.15, -0.1) is 0 Å². The zero-order valence-electron chi connectivity index (χ0n) is 13.7. The van der Waals surface area contributed by atoms with Gasteiger partial charge in [-0.3, -0.25) is 9.59 Å². The molecule has 6 heteroatoms. The number of amides is 2. The van der Waals surface area contributed by atoms with Crippen molar-refractivity contribution in [1.29, 1.82) is 0 Å². The molecule has 1 saturated heterocycles. The molecule has 1 aliphatic rings. The van der Waals surface area contributed by atoms with Crippen molar-refractivity contribution in [3.05, 3.63) is 28.2 Å². The van der Waals surface area contributed by atoms with Gasteiger partial charge in [0.1, 0.15) is 5.41 Å². The third-order valence-corrected chi connectivity index (χ3v) is 4.79. The molecule has 2 rings (SSSR count). The van der Waals surface area contributed by atoms with Crippen LogP contribution in [0.3, 0.4) is 0 Å². The van der Waals surface area contributed by atoms with Crippen molar-refractivity contribution >= 4 is 40.7 Å². The van der Waals surface area contributed by atoms with Gasteiger partial charge in [-0.2, -0.15) is 0 Å². The summed E-state index contributed by atoms with van der Waals surface area (Å²) < 4.78 is 0. The fourth-order valence-corrected chi connectivity index (χ4v) is 3.08. The number of likely N-dealkylation sites (tertiary alicyclic amines) is 1. The molecule has 1 aliphatic heterocycles. The van der Waals surface area contributed by atoms with Gasteiger partial charge in [0.15, 0.2) is 0 Å². The topological polar surface area (TPSA) is 49.4 Å². The van der Waals surface area contributed by atoms with E-state index in [9.17, 15) is 9.59 Å². The van der Waals surface area contributed by atoms with E-state index in [1.807, 2.05) is 0 Å². The Bertz CT molecular complexity index is 617. The Morgan fingerprint density at radius 3 is 2.65 bits per heavy atom. The van der Waals surface area contributed by atoms with Crippen molar-refractivity contribution in [2.24, 2.45) is 11.3 Å². The molecule has 1 aromatic rings. The summed E-state index contributed by atoms with van der Waals surface area (Å²) in [5, 5.41) is 3.58. The number of nitrogens with one attached hydrogen (secondary N) is 1. The first-order valence-corrected chi connectivity index (χ1v) is 8.53. The normalized spacial score (nSPS) is 18.7. The van der Waals surface area contributed by atoms with Crippen LogP contribution in [0.1, 0.15) is 33.6 Å². The van der Waals surface area contributed by atoms with E-state index in [2.05, 4.69) is 12.2 Å². The van der Waals surface area contributed by atoms with Crippen LogP contribution in [0.2, 0.25) is 10.0 Å². The smallest absolute Gasteiger partial charge is 0.239 e. The number of hydrogen-bond donors (Lipinski definition) is 1. The highest BCUT2D eigenvalue weighted by Gasteiger charge is 2.40. The molecule has 0 saturated carbocycles. The summed E-state index contributed by atoms with van der Waals surface area (Å²) in [6.45, 7) is 6.81. The second-order valence-electron chi connectivity index (χ2n) is 6.70. The molecule has 0 aliphatic carbocycles. The van der Waals surface area contributed by atoms with Crippen molar-refractivity contribution in [3.8, 4) is 0 Å². The van der Waals surface area contributed by atoms with Gasteiger partial charge in [0.25, 0.3) is 0 Å². The van der Waals surface area contributed by atoms with Crippen molar-refractivity contribution < 1.29 is 9.59 Å². The molecule has 1 fully saturated rings. The largest absolute Gasteiger partial charge is 0.342 e. The Hall–Kier alpha value is -1.26. The highest BCUT2D eigenvalue weighted by Crippen LogP contribution is 2.29. The zero-order chi connectivity index (χ0) is 17.2. The lowest BCUT2D eigenvalue weighted by Gasteiger charge is -2.36. The quantitative estimate of drug-likeness (QED) is 0.824. The standard InChI is InChI=1S/C17H22Cl2N2O2/c1-11-5-4-8-21(10-11)16(23)17(2,3)15(22)20-14-9-12(18)6-7-13(14)19/h6-7,9,11H,4-5,8,10H2,1-3H3,(H,20,22). The van der Waals surface area contributed by atoms with Crippen LogP contribution in [0.25, 0.3) is 0 Å². The second-order valence-corrected chi connectivity index (χ2v) is 7.55. The van der Waals surface area contributed by atoms with Gasteiger partial charge in [0, 0.05) is 18.1 Å². The Morgan fingerprint density at radius 1 is 1.30 bits per heavy atom. The molecule has 23 heavy (non-hydrogen) atoms. The summed E-state index contributed by atoms with van der Waals surface area (Å²) in [6.07, 6.45) is 2.10. The highest BCUT2D eigenvalue weighted by atomic mass is 35.5. The van der Waals surface area contributed by atoms with Crippen LogP contribution in [-0.4, -0.2) is 29.8 Å². The summed E-state index contributed by atoms with van der Waals surface area (Å²) in [6, 6.07) is 4.83. The van der Waals surface area contributed by atoms with Crippen molar-refractivity contribution in [3.63, 3.8) is 0 Å². The first kappa shape index (κ1) is 18.1. The van der Waals surface area contributed by atoms with E-state index >= 15 is 0 Å². The molecule has 0 bridgehead atoms. The molecule has 0 aromatic heterocycles. The maximum Gasteiger partial charge on any atom is 0.239 e. The van der Waals surface area contributed by atoms with Crippen LogP contribution in [0.15, 0.2) is 18.2 Å². The molecule has 1 heterocycles.